The fraction of sp³-hybridized carbons (Fsp3) is 0.929. The molecule has 0 atom stereocenters. The molecule has 0 unspecified atom stereocenters. The van der Waals surface area contributed by atoms with Crippen LogP contribution >= 0.6 is 0 Å². The Bertz CT molecular complexity index is 276. The first kappa shape index (κ1) is 13.8. The van der Waals surface area contributed by atoms with Gasteiger partial charge in [-0.3, -0.25) is 4.79 Å². The SMILES string of the molecule is CCCC1(C(=O)NCC2CC(O)C2)CCNCC1. The van der Waals surface area contributed by atoms with E-state index >= 15 is 0 Å². The fourth-order valence-corrected chi connectivity index (χ4v) is 3.27. The number of aliphatic hydroxyl groups excluding tert-OH is 1. The number of hydrogen-bond donors (Lipinski definition) is 3. The van der Waals surface area contributed by atoms with Gasteiger partial charge in [-0.15, -0.1) is 0 Å². The standard InChI is InChI=1S/C14H26N2O2/c1-2-3-14(4-6-15-7-5-14)13(18)16-10-11-8-12(17)9-11/h11-12,15,17H,2-10H2,1H3,(H,16,18). The minimum Gasteiger partial charge on any atom is -0.393 e. The van der Waals surface area contributed by atoms with Gasteiger partial charge in [-0.2, -0.15) is 0 Å². The van der Waals surface area contributed by atoms with E-state index in [1.54, 1.807) is 0 Å². The molecule has 1 saturated carbocycles. The van der Waals surface area contributed by atoms with Gasteiger partial charge in [0.2, 0.25) is 5.91 Å². The molecule has 0 aromatic carbocycles. The third-order valence-electron chi connectivity index (χ3n) is 4.53. The summed E-state index contributed by atoms with van der Waals surface area (Å²) in [7, 11) is 0. The smallest absolute Gasteiger partial charge is 0.226 e. The summed E-state index contributed by atoms with van der Waals surface area (Å²) in [4.78, 5) is 12.4. The maximum Gasteiger partial charge on any atom is 0.226 e. The van der Waals surface area contributed by atoms with Crippen LogP contribution in [-0.2, 0) is 4.79 Å². The Balaban J connectivity index is 1.83. The van der Waals surface area contributed by atoms with Crippen molar-refractivity contribution in [2.24, 2.45) is 11.3 Å². The topological polar surface area (TPSA) is 61.4 Å². The summed E-state index contributed by atoms with van der Waals surface area (Å²) in [5.41, 5.74) is -0.137. The van der Waals surface area contributed by atoms with Crippen LogP contribution < -0.4 is 10.6 Å². The Labute approximate surface area is 110 Å². The van der Waals surface area contributed by atoms with Gasteiger partial charge >= 0.3 is 0 Å². The van der Waals surface area contributed by atoms with Crippen LogP contribution in [0.1, 0.15) is 45.4 Å². The Morgan fingerprint density at radius 2 is 2.06 bits per heavy atom. The predicted molar refractivity (Wildman–Crippen MR) is 71.2 cm³/mol. The summed E-state index contributed by atoms with van der Waals surface area (Å²) in [6, 6.07) is 0. The summed E-state index contributed by atoms with van der Waals surface area (Å²) in [6.07, 6.45) is 5.55. The highest BCUT2D eigenvalue weighted by Gasteiger charge is 2.39. The molecule has 2 fully saturated rings. The zero-order chi connectivity index (χ0) is 13.0. The highest BCUT2D eigenvalue weighted by molar-refractivity contribution is 5.82. The third kappa shape index (κ3) is 3.04. The number of aliphatic hydroxyl groups is 1. The predicted octanol–water partition coefficient (Wildman–Crippen LogP) is 1.04. The molecule has 0 aromatic heterocycles. The molecule has 1 heterocycles. The molecule has 0 spiro atoms. The molecule has 3 N–H and O–H groups in total. The monoisotopic (exact) mass is 254 g/mol. The first-order valence-corrected chi connectivity index (χ1v) is 7.33. The van der Waals surface area contributed by atoms with Gasteiger partial charge in [0.1, 0.15) is 0 Å². The van der Waals surface area contributed by atoms with Crippen LogP contribution in [0.4, 0.5) is 0 Å². The van der Waals surface area contributed by atoms with E-state index in [4.69, 9.17) is 0 Å². The number of amides is 1. The molecular formula is C14H26N2O2. The lowest BCUT2D eigenvalue weighted by molar-refractivity contribution is -0.133. The van der Waals surface area contributed by atoms with Crippen molar-refractivity contribution in [3.63, 3.8) is 0 Å². The molecule has 4 nitrogen and oxygen atoms in total. The summed E-state index contributed by atoms with van der Waals surface area (Å²) >= 11 is 0. The van der Waals surface area contributed by atoms with Crippen molar-refractivity contribution >= 4 is 5.91 Å². The van der Waals surface area contributed by atoms with Crippen LogP contribution in [0.15, 0.2) is 0 Å². The van der Waals surface area contributed by atoms with Crippen LogP contribution in [0.2, 0.25) is 0 Å². The quantitative estimate of drug-likeness (QED) is 0.687. The van der Waals surface area contributed by atoms with Crippen molar-refractivity contribution in [2.45, 2.75) is 51.6 Å². The van der Waals surface area contributed by atoms with E-state index < -0.39 is 0 Å². The van der Waals surface area contributed by atoms with Crippen LogP contribution in [0.25, 0.3) is 0 Å². The zero-order valence-electron chi connectivity index (χ0n) is 11.4. The second-order valence-corrected chi connectivity index (χ2v) is 5.98. The minimum absolute atomic E-state index is 0.129. The average molecular weight is 254 g/mol. The second-order valence-electron chi connectivity index (χ2n) is 5.98. The van der Waals surface area contributed by atoms with Gasteiger partial charge in [-0.25, -0.2) is 0 Å². The number of hydrogen-bond acceptors (Lipinski definition) is 3. The molecule has 1 aliphatic carbocycles. The lowest BCUT2D eigenvalue weighted by atomic mass is 9.74. The lowest BCUT2D eigenvalue weighted by Crippen LogP contribution is -2.49. The number of carbonyl (C=O) groups excluding carboxylic acids is 1. The Hall–Kier alpha value is -0.610. The molecule has 0 bridgehead atoms. The van der Waals surface area contributed by atoms with Crippen molar-refractivity contribution in [1.29, 1.82) is 0 Å². The molecule has 1 saturated heterocycles. The molecule has 0 radical (unpaired) electrons. The fourth-order valence-electron chi connectivity index (χ4n) is 3.27. The summed E-state index contributed by atoms with van der Waals surface area (Å²) in [6.45, 7) is 4.80. The first-order valence-electron chi connectivity index (χ1n) is 7.33. The molecule has 104 valence electrons. The van der Waals surface area contributed by atoms with Gasteiger partial charge < -0.3 is 15.7 Å². The van der Waals surface area contributed by atoms with E-state index in [1.165, 1.54) is 0 Å². The molecular weight excluding hydrogens is 228 g/mol. The highest BCUT2D eigenvalue weighted by Crippen LogP contribution is 2.34. The number of nitrogens with one attached hydrogen (secondary N) is 2. The Morgan fingerprint density at radius 3 is 2.61 bits per heavy atom. The Kier molecular flexibility index (Phi) is 4.62. The van der Waals surface area contributed by atoms with Crippen molar-refractivity contribution < 1.29 is 9.90 Å². The normalized spacial score (nSPS) is 30.6. The van der Waals surface area contributed by atoms with Gasteiger partial charge in [-0.1, -0.05) is 13.3 Å². The van der Waals surface area contributed by atoms with Crippen LogP contribution in [0, 0.1) is 11.3 Å². The van der Waals surface area contributed by atoms with E-state index in [1.807, 2.05) is 0 Å². The molecule has 2 aliphatic rings. The molecule has 4 heteroatoms. The van der Waals surface area contributed by atoms with Gasteiger partial charge in [0.25, 0.3) is 0 Å². The molecule has 18 heavy (non-hydrogen) atoms. The van der Waals surface area contributed by atoms with Crippen molar-refractivity contribution in [1.82, 2.24) is 10.6 Å². The summed E-state index contributed by atoms with van der Waals surface area (Å²) in [5, 5.41) is 15.7. The largest absolute Gasteiger partial charge is 0.393 e. The van der Waals surface area contributed by atoms with Gasteiger partial charge in [-0.05, 0) is 51.1 Å². The molecule has 0 aromatic rings. The molecule has 1 aliphatic heterocycles. The number of carbonyl (C=O) groups is 1. The highest BCUT2D eigenvalue weighted by atomic mass is 16.3. The zero-order valence-corrected chi connectivity index (χ0v) is 11.4. The van der Waals surface area contributed by atoms with Crippen LogP contribution in [-0.4, -0.2) is 36.8 Å². The number of rotatable bonds is 5. The van der Waals surface area contributed by atoms with E-state index in [0.717, 1.165) is 58.2 Å². The second kappa shape index (κ2) is 6.02. The summed E-state index contributed by atoms with van der Waals surface area (Å²) < 4.78 is 0. The Morgan fingerprint density at radius 1 is 1.39 bits per heavy atom. The summed E-state index contributed by atoms with van der Waals surface area (Å²) in [5.74, 6) is 0.733. The van der Waals surface area contributed by atoms with E-state index in [-0.39, 0.29) is 17.4 Å². The third-order valence-corrected chi connectivity index (χ3v) is 4.53. The minimum atomic E-state index is -0.137. The van der Waals surface area contributed by atoms with Crippen LogP contribution in [0.5, 0.6) is 0 Å². The van der Waals surface area contributed by atoms with Crippen molar-refractivity contribution in [2.75, 3.05) is 19.6 Å². The van der Waals surface area contributed by atoms with Gasteiger partial charge in [0.15, 0.2) is 0 Å². The molecule has 2 rings (SSSR count). The lowest BCUT2D eigenvalue weighted by Gasteiger charge is -2.38. The number of piperidine rings is 1. The van der Waals surface area contributed by atoms with E-state index in [2.05, 4.69) is 17.6 Å². The van der Waals surface area contributed by atoms with Crippen molar-refractivity contribution in [3.05, 3.63) is 0 Å². The van der Waals surface area contributed by atoms with Gasteiger partial charge in [0.05, 0.1) is 11.5 Å². The maximum absolute atomic E-state index is 12.4. The maximum atomic E-state index is 12.4. The van der Waals surface area contributed by atoms with E-state index in [9.17, 15) is 9.90 Å². The van der Waals surface area contributed by atoms with Crippen molar-refractivity contribution in [3.8, 4) is 0 Å². The van der Waals surface area contributed by atoms with E-state index in [0.29, 0.717) is 5.92 Å². The van der Waals surface area contributed by atoms with Gasteiger partial charge in [0, 0.05) is 6.54 Å². The van der Waals surface area contributed by atoms with Crippen LogP contribution in [0.3, 0.4) is 0 Å². The molecule has 1 amide bonds. The first-order chi connectivity index (χ1) is 8.66. The average Bonchev–Trinajstić information content (AvgIpc) is 2.34.